The molecule has 0 spiro atoms. The summed E-state index contributed by atoms with van der Waals surface area (Å²) in [5.41, 5.74) is 1.28. The maximum Gasteiger partial charge on any atom is 0.141 e. The van der Waals surface area contributed by atoms with Crippen LogP contribution in [0.25, 0.3) is 6.08 Å². The zero-order valence-electron chi connectivity index (χ0n) is 6.12. The molecule has 1 aromatic rings. The molecule has 64 valence electrons. The van der Waals surface area contributed by atoms with Crippen molar-refractivity contribution in [3.8, 4) is 5.75 Å². The molecule has 0 aliphatic carbocycles. The van der Waals surface area contributed by atoms with Gasteiger partial charge in [0.2, 0.25) is 0 Å². The number of phenols is 1. The Morgan fingerprint density at radius 1 is 1.42 bits per heavy atom. The van der Waals surface area contributed by atoms with E-state index in [2.05, 4.69) is 18.3 Å². The van der Waals surface area contributed by atoms with Gasteiger partial charge in [-0.2, -0.15) is 0 Å². The molecule has 0 unspecified atom stereocenters. The van der Waals surface area contributed by atoms with Crippen molar-refractivity contribution >= 4 is 18.5 Å². The maximum atomic E-state index is 9.24. The van der Waals surface area contributed by atoms with Crippen LogP contribution in [0.2, 0.25) is 0 Å². The number of aromatic hydroxyl groups is 1. The van der Waals surface area contributed by atoms with Crippen LogP contribution in [-0.2, 0) is 0 Å². The molecule has 0 aromatic heterocycles. The lowest BCUT2D eigenvalue weighted by molar-refractivity contribution is 0.477. The summed E-state index contributed by atoms with van der Waals surface area (Å²) in [4.78, 5) is 3.67. The van der Waals surface area contributed by atoms with E-state index >= 15 is 0 Å². The van der Waals surface area contributed by atoms with Gasteiger partial charge >= 0.3 is 0 Å². The smallest absolute Gasteiger partial charge is 0.141 e. The molecule has 0 aliphatic heterocycles. The van der Waals surface area contributed by atoms with E-state index in [0.29, 0.717) is 5.69 Å². The van der Waals surface area contributed by atoms with E-state index in [1.807, 2.05) is 6.07 Å². The molecule has 0 radical (unpaired) electrons. The largest absolute Gasteiger partial charge is 0.506 e. The van der Waals surface area contributed by atoms with E-state index in [9.17, 15) is 5.11 Å². The second kappa shape index (κ2) is 4.34. The molecule has 2 nitrogen and oxygen atoms in total. The van der Waals surface area contributed by atoms with Crippen molar-refractivity contribution in [3.05, 3.63) is 30.3 Å². The summed E-state index contributed by atoms with van der Waals surface area (Å²) in [6.45, 7) is 6.92. The summed E-state index contributed by atoms with van der Waals surface area (Å²) in [5, 5.41) is 9.24. The highest BCUT2D eigenvalue weighted by Gasteiger charge is 2.00. The molecule has 0 saturated heterocycles. The van der Waals surface area contributed by atoms with Crippen molar-refractivity contribution in [3.63, 3.8) is 0 Å². The van der Waals surface area contributed by atoms with Crippen molar-refractivity contribution in [2.45, 2.75) is 7.43 Å². The third-order valence-electron chi connectivity index (χ3n) is 1.42. The maximum absolute atomic E-state index is 9.24. The molecule has 1 rings (SSSR count). The highest BCUT2D eigenvalue weighted by atomic mass is 16.3. The van der Waals surface area contributed by atoms with Crippen molar-refractivity contribution in [1.82, 2.24) is 0 Å². The minimum Gasteiger partial charge on any atom is -0.506 e. The number of para-hydroxylation sites is 1. The molecule has 2 heteroatoms. The predicted octanol–water partition coefficient (Wildman–Crippen LogP) is 3.00. The van der Waals surface area contributed by atoms with Crippen LogP contribution in [0, 0.1) is 0 Å². The van der Waals surface area contributed by atoms with Gasteiger partial charge in [0.15, 0.2) is 0 Å². The lowest BCUT2D eigenvalue weighted by Crippen LogP contribution is -1.73. The Balaban J connectivity index is 0.00000121. The number of aliphatic imine (C=N–C) groups is 1. The predicted molar refractivity (Wildman–Crippen MR) is 54.1 cm³/mol. The number of hydrogen-bond acceptors (Lipinski definition) is 2. The zero-order chi connectivity index (χ0) is 8.27. The topological polar surface area (TPSA) is 32.6 Å². The Hall–Kier alpha value is -1.57. The van der Waals surface area contributed by atoms with Crippen molar-refractivity contribution in [2.75, 3.05) is 0 Å². The molecule has 0 bridgehead atoms. The molecular weight excluding hydrogens is 150 g/mol. The van der Waals surface area contributed by atoms with Crippen LogP contribution in [0.5, 0.6) is 5.75 Å². The standard InChI is InChI=1S/C9H9NO.CH4/c1-3-7-5-4-6-8(11)9(7)10-2;/h3-6,11H,1-2H2;1H4. The molecule has 0 heterocycles. The average molecular weight is 163 g/mol. The van der Waals surface area contributed by atoms with Gasteiger partial charge in [0.1, 0.15) is 11.4 Å². The SMILES string of the molecule is C.C=Cc1cccc(O)c1N=C. The van der Waals surface area contributed by atoms with Crippen LogP contribution in [0.4, 0.5) is 5.69 Å². The molecular formula is C10H13NO. The number of nitrogens with zero attached hydrogens (tertiary/aromatic N) is 1. The Morgan fingerprint density at radius 3 is 2.50 bits per heavy atom. The van der Waals surface area contributed by atoms with Gasteiger partial charge in [-0.05, 0) is 12.8 Å². The molecule has 0 amide bonds. The minimum atomic E-state index is 0. The first-order valence-electron chi connectivity index (χ1n) is 3.20. The van der Waals surface area contributed by atoms with Gasteiger partial charge in [-0.3, -0.25) is 4.99 Å². The third kappa shape index (κ3) is 1.72. The lowest BCUT2D eigenvalue weighted by atomic mass is 10.1. The highest BCUT2D eigenvalue weighted by Crippen LogP contribution is 2.29. The minimum absolute atomic E-state index is 0. The van der Waals surface area contributed by atoms with Gasteiger partial charge in [0.25, 0.3) is 0 Å². The van der Waals surface area contributed by atoms with E-state index in [1.165, 1.54) is 0 Å². The first kappa shape index (κ1) is 10.4. The Kier molecular flexibility index (Phi) is 3.77. The fourth-order valence-corrected chi connectivity index (χ4v) is 0.886. The Labute approximate surface area is 72.9 Å². The first-order valence-corrected chi connectivity index (χ1v) is 3.20. The van der Waals surface area contributed by atoms with Gasteiger partial charge in [-0.25, -0.2) is 0 Å². The van der Waals surface area contributed by atoms with Crippen LogP contribution in [0.1, 0.15) is 13.0 Å². The molecule has 0 aliphatic rings. The van der Waals surface area contributed by atoms with E-state index in [4.69, 9.17) is 0 Å². The molecule has 1 N–H and O–H groups in total. The second-order valence-corrected chi connectivity index (χ2v) is 2.08. The number of rotatable bonds is 2. The van der Waals surface area contributed by atoms with Crippen LogP contribution < -0.4 is 0 Å². The molecule has 1 aromatic carbocycles. The monoisotopic (exact) mass is 163 g/mol. The van der Waals surface area contributed by atoms with Crippen LogP contribution in [0.15, 0.2) is 29.8 Å². The normalized spacial score (nSPS) is 8.33. The number of hydrogen-bond donors (Lipinski definition) is 1. The van der Waals surface area contributed by atoms with Crippen molar-refractivity contribution in [1.29, 1.82) is 0 Å². The number of phenolic OH excluding ortho intramolecular Hbond substituents is 1. The van der Waals surface area contributed by atoms with Gasteiger partial charge < -0.3 is 5.11 Å². The van der Waals surface area contributed by atoms with E-state index in [1.54, 1.807) is 18.2 Å². The van der Waals surface area contributed by atoms with Crippen LogP contribution >= 0.6 is 0 Å². The van der Waals surface area contributed by atoms with E-state index in [0.717, 1.165) is 5.56 Å². The lowest BCUT2D eigenvalue weighted by Gasteiger charge is -2.00. The van der Waals surface area contributed by atoms with Gasteiger partial charge in [0.05, 0.1) is 0 Å². The van der Waals surface area contributed by atoms with Gasteiger partial charge in [-0.15, -0.1) is 0 Å². The third-order valence-corrected chi connectivity index (χ3v) is 1.42. The average Bonchev–Trinajstić information content (AvgIpc) is 2.04. The quantitative estimate of drug-likeness (QED) is 0.668. The summed E-state index contributed by atoms with van der Waals surface area (Å²) in [6, 6.07) is 5.12. The number of benzene rings is 1. The van der Waals surface area contributed by atoms with Crippen molar-refractivity contribution in [2.24, 2.45) is 4.99 Å². The molecule has 0 saturated carbocycles. The molecule has 12 heavy (non-hydrogen) atoms. The second-order valence-electron chi connectivity index (χ2n) is 2.08. The Bertz CT molecular complexity index is 292. The summed E-state index contributed by atoms with van der Waals surface area (Å²) in [6.07, 6.45) is 1.63. The summed E-state index contributed by atoms with van der Waals surface area (Å²) in [7, 11) is 0. The fraction of sp³-hybridized carbons (Fsp3) is 0.100. The van der Waals surface area contributed by atoms with Gasteiger partial charge in [-0.1, -0.05) is 32.2 Å². The van der Waals surface area contributed by atoms with Gasteiger partial charge in [0, 0.05) is 5.56 Å². The molecule has 0 fully saturated rings. The summed E-state index contributed by atoms with van der Waals surface area (Å²) >= 11 is 0. The first-order chi connectivity index (χ1) is 5.29. The highest BCUT2D eigenvalue weighted by molar-refractivity contribution is 5.70. The van der Waals surface area contributed by atoms with E-state index in [-0.39, 0.29) is 13.2 Å². The van der Waals surface area contributed by atoms with Crippen molar-refractivity contribution < 1.29 is 5.11 Å². The summed E-state index contributed by atoms with van der Waals surface area (Å²) in [5.74, 6) is 0.136. The van der Waals surface area contributed by atoms with E-state index < -0.39 is 0 Å². The van der Waals surface area contributed by atoms with Crippen LogP contribution in [-0.4, -0.2) is 11.8 Å². The summed E-state index contributed by atoms with van der Waals surface area (Å²) < 4.78 is 0. The zero-order valence-corrected chi connectivity index (χ0v) is 6.12. The Morgan fingerprint density at radius 2 is 2.08 bits per heavy atom. The van der Waals surface area contributed by atoms with Crippen LogP contribution in [0.3, 0.4) is 0 Å². The fourth-order valence-electron chi connectivity index (χ4n) is 0.886. The molecule has 0 atom stereocenters.